The normalized spacial score (nSPS) is 10.1. The molecule has 15 heavy (non-hydrogen) atoms. The van der Waals surface area contributed by atoms with Crippen molar-refractivity contribution in [2.45, 2.75) is 6.92 Å². The molecule has 0 spiro atoms. The van der Waals surface area contributed by atoms with Gasteiger partial charge in [0, 0.05) is 13.1 Å². The minimum absolute atomic E-state index is 0.0942. The second-order valence-corrected chi connectivity index (χ2v) is 3.34. The summed E-state index contributed by atoms with van der Waals surface area (Å²) in [5.41, 5.74) is 0.899. The molecule has 1 amide bonds. The molecule has 1 aromatic rings. The zero-order valence-corrected chi connectivity index (χ0v) is 8.93. The van der Waals surface area contributed by atoms with Gasteiger partial charge in [-0.1, -0.05) is 6.07 Å². The molecule has 0 heterocycles. The second kappa shape index (κ2) is 5.46. The molecule has 0 unspecified atom stereocenters. The number of rotatable bonds is 4. The molecule has 1 aromatic carbocycles. The first-order valence-electron chi connectivity index (χ1n) is 4.84. The van der Waals surface area contributed by atoms with Crippen LogP contribution in [-0.4, -0.2) is 26.0 Å². The molecule has 0 saturated carbocycles. The Morgan fingerprint density at radius 1 is 1.40 bits per heavy atom. The number of amides is 1. The van der Waals surface area contributed by atoms with Gasteiger partial charge in [-0.25, -0.2) is 4.39 Å². The van der Waals surface area contributed by atoms with Crippen LogP contribution in [0.25, 0.3) is 0 Å². The van der Waals surface area contributed by atoms with Crippen molar-refractivity contribution in [1.29, 1.82) is 0 Å². The number of aryl methyl sites for hydroxylation is 1. The summed E-state index contributed by atoms with van der Waals surface area (Å²) in [5, 5.41) is 5.51. The van der Waals surface area contributed by atoms with Crippen LogP contribution in [0.2, 0.25) is 0 Å². The van der Waals surface area contributed by atoms with Gasteiger partial charge in [0.25, 0.3) is 5.91 Å². The maximum absolute atomic E-state index is 13.3. The van der Waals surface area contributed by atoms with Gasteiger partial charge in [-0.15, -0.1) is 0 Å². The van der Waals surface area contributed by atoms with Crippen LogP contribution in [0.4, 0.5) is 4.39 Å². The van der Waals surface area contributed by atoms with E-state index in [2.05, 4.69) is 10.6 Å². The zero-order valence-electron chi connectivity index (χ0n) is 8.93. The number of likely N-dealkylation sites (N-methyl/N-ethyl adjacent to an activating group) is 1. The lowest BCUT2D eigenvalue weighted by Crippen LogP contribution is -2.30. The molecule has 0 radical (unpaired) electrons. The maximum atomic E-state index is 13.3. The summed E-state index contributed by atoms with van der Waals surface area (Å²) in [5.74, 6) is -0.847. The summed E-state index contributed by atoms with van der Waals surface area (Å²) in [4.78, 5) is 11.5. The molecular formula is C11H15FN2O. The third-order valence-electron chi connectivity index (χ3n) is 2.03. The van der Waals surface area contributed by atoms with Gasteiger partial charge in [-0.3, -0.25) is 4.79 Å². The largest absolute Gasteiger partial charge is 0.351 e. The SMILES string of the molecule is CNCCNC(=O)c1ccc(C)cc1F. The number of carbonyl (C=O) groups excluding carboxylic acids is 1. The van der Waals surface area contributed by atoms with Gasteiger partial charge in [0.05, 0.1) is 5.56 Å². The van der Waals surface area contributed by atoms with Crippen LogP contribution in [-0.2, 0) is 0 Å². The van der Waals surface area contributed by atoms with E-state index in [-0.39, 0.29) is 11.5 Å². The molecule has 82 valence electrons. The Balaban J connectivity index is 2.65. The third kappa shape index (κ3) is 3.32. The predicted molar refractivity (Wildman–Crippen MR) is 57.4 cm³/mol. The molecule has 0 aliphatic heterocycles. The van der Waals surface area contributed by atoms with Crippen LogP contribution in [0.15, 0.2) is 18.2 Å². The fourth-order valence-electron chi connectivity index (χ4n) is 1.20. The van der Waals surface area contributed by atoms with Crippen LogP contribution in [0.5, 0.6) is 0 Å². The van der Waals surface area contributed by atoms with Gasteiger partial charge in [0.15, 0.2) is 0 Å². The fraction of sp³-hybridized carbons (Fsp3) is 0.364. The summed E-state index contributed by atoms with van der Waals surface area (Å²) in [6, 6.07) is 4.57. The van der Waals surface area contributed by atoms with Crippen molar-refractivity contribution in [2.24, 2.45) is 0 Å². The van der Waals surface area contributed by atoms with Gasteiger partial charge in [0.1, 0.15) is 5.82 Å². The lowest BCUT2D eigenvalue weighted by molar-refractivity contribution is 0.0950. The van der Waals surface area contributed by atoms with Crippen LogP contribution in [0.3, 0.4) is 0 Å². The predicted octanol–water partition coefficient (Wildman–Crippen LogP) is 1.08. The Morgan fingerprint density at radius 2 is 2.13 bits per heavy atom. The average molecular weight is 210 g/mol. The van der Waals surface area contributed by atoms with Gasteiger partial charge in [-0.05, 0) is 31.7 Å². The lowest BCUT2D eigenvalue weighted by atomic mass is 10.1. The van der Waals surface area contributed by atoms with Crippen molar-refractivity contribution in [2.75, 3.05) is 20.1 Å². The number of carbonyl (C=O) groups is 1. The van der Waals surface area contributed by atoms with E-state index in [9.17, 15) is 9.18 Å². The Kier molecular flexibility index (Phi) is 4.24. The summed E-state index contributed by atoms with van der Waals surface area (Å²) >= 11 is 0. The molecule has 0 aliphatic rings. The van der Waals surface area contributed by atoms with Crippen molar-refractivity contribution in [1.82, 2.24) is 10.6 Å². The summed E-state index contributed by atoms with van der Waals surface area (Å²) in [6.07, 6.45) is 0. The van der Waals surface area contributed by atoms with Crippen LogP contribution < -0.4 is 10.6 Å². The van der Waals surface area contributed by atoms with Gasteiger partial charge < -0.3 is 10.6 Å². The zero-order chi connectivity index (χ0) is 11.3. The molecule has 0 aromatic heterocycles. The van der Waals surface area contributed by atoms with E-state index in [1.807, 2.05) is 0 Å². The van der Waals surface area contributed by atoms with E-state index in [0.29, 0.717) is 13.1 Å². The monoisotopic (exact) mass is 210 g/mol. The number of hydrogen-bond donors (Lipinski definition) is 2. The summed E-state index contributed by atoms with van der Waals surface area (Å²) in [7, 11) is 1.79. The number of benzene rings is 1. The molecular weight excluding hydrogens is 195 g/mol. The Morgan fingerprint density at radius 3 is 2.73 bits per heavy atom. The van der Waals surface area contributed by atoms with Crippen molar-refractivity contribution in [3.8, 4) is 0 Å². The first-order chi connectivity index (χ1) is 7.15. The summed E-state index contributed by atoms with van der Waals surface area (Å²) < 4.78 is 13.3. The minimum atomic E-state index is -0.475. The molecule has 1 rings (SSSR count). The Labute approximate surface area is 88.7 Å². The number of hydrogen-bond acceptors (Lipinski definition) is 2. The van der Waals surface area contributed by atoms with E-state index >= 15 is 0 Å². The third-order valence-corrected chi connectivity index (χ3v) is 2.03. The van der Waals surface area contributed by atoms with E-state index in [4.69, 9.17) is 0 Å². The average Bonchev–Trinajstić information content (AvgIpc) is 2.17. The number of nitrogens with one attached hydrogen (secondary N) is 2. The van der Waals surface area contributed by atoms with Gasteiger partial charge >= 0.3 is 0 Å². The molecule has 0 bridgehead atoms. The van der Waals surface area contributed by atoms with E-state index in [1.165, 1.54) is 12.1 Å². The van der Waals surface area contributed by atoms with E-state index in [0.717, 1.165) is 5.56 Å². The van der Waals surface area contributed by atoms with E-state index in [1.54, 1.807) is 20.0 Å². The molecule has 0 atom stereocenters. The standard InChI is InChI=1S/C11H15FN2O/c1-8-3-4-9(10(12)7-8)11(15)14-6-5-13-2/h3-4,7,13H,5-6H2,1-2H3,(H,14,15). The minimum Gasteiger partial charge on any atom is -0.351 e. The Bertz CT molecular complexity index is 352. The number of halogens is 1. The highest BCUT2D eigenvalue weighted by Crippen LogP contribution is 2.09. The van der Waals surface area contributed by atoms with Crippen molar-refractivity contribution >= 4 is 5.91 Å². The topological polar surface area (TPSA) is 41.1 Å². The van der Waals surface area contributed by atoms with Crippen molar-refractivity contribution in [3.63, 3.8) is 0 Å². The fourth-order valence-corrected chi connectivity index (χ4v) is 1.20. The van der Waals surface area contributed by atoms with Crippen molar-refractivity contribution in [3.05, 3.63) is 35.1 Å². The highest BCUT2D eigenvalue weighted by Gasteiger charge is 2.10. The van der Waals surface area contributed by atoms with Gasteiger partial charge in [0.2, 0.25) is 0 Å². The van der Waals surface area contributed by atoms with E-state index < -0.39 is 5.82 Å². The molecule has 0 saturated heterocycles. The molecule has 0 aliphatic carbocycles. The second-order valence-electron chi connectivity index (χ2n) is 3.34. The Hall–Kier alpha value is -1.42. The lowest BCUT2D eigenvalue weighted by Gasteiger charge is -2.06. The first kappa shape index (κ1) is 11.7. The van der Waals surface area contributed by atoms with Gasteiger partial charge in [-0.2, -0.15) is 0 Å². The maximum Gasteiger partial charge on any atom is 0.254 e. The molecule has 3 nitrogen and oxygen atoms in total. The summed E-state index contributed by atoms with van der Waals surface area (Å²) in [6.45, 7) is 2.94. The smallest absolute Gasteiger partial charge is 0.254 e. The molecule has 4 heteroatoms. The molecule has 2 N–H and O–H groups in total. The van der Waals surface area contributed by atoms with Crippen LogP contribution in [0, 0.1) is 12.7 Å². The highest BCUT2D eigenvalue weighted by atomic mass is 19.1. The first-order valence-corrected chi connectivity index (χ1v) is 4.84. The quantitative estimate of drug-likeness (QED) is 0.730. The molecule has 0 fully saturated rings. The van der Waals surface area contributed by atoms with Crippen LogP contribution in [0.1, 0.15) is 15.9 Å². The highest BCUT2D eigenvalue weighted by molar-refractivity contribution is 5.94. The van der Waals surface area contributed by atoms with Crippen molar-refractivity contribution < 1.29 is 9.18 Å². The van der Waals surface area contributed by atoms with Crippen LogP contribution >= 0.6 is 0 Å².